The maximum atomic E-state index is 14.0. The highest BCUT2D eigenvalue weighted by Crippen LogP contribution is 2.32. The van der Waals surface area contributed by atoms with E-state index in [0.29, 0.717) is 50.1 Å². The maximum Gasteiger partial charge on any atom is 0.271 e. The number of rotatable bonds is 9. The van der Waals surface area contributed by atoms with E-state index in [0.717, 1.165) is 11.1 Å². The Bertz CT molecular complexity index is 1810. The van der Waals surface area contributed by atoms with E-state index < -0.39 is 6.04 Å². The second-order valence-corrected chi connectivity index (χ2v) is 11.0. The van der Waals surface area contributed by atoms with E-state index in [4.69, 9.17) is 19.2 Å². The predicted octanol–water partition coefficient (Wildman–Crippen LogP) is 5.07. The zero-order valence-electron chi connectivity index (χ0n) is 24.2. The summed E-state index contributed by atoms with van der Waals surface area (Å²) in [6, 6.07) is 21.5. The van der Waals surface area contributed by atoms with Crippen LogP contribution >= 0.6 is 11.3 Å². The third-order valence-corrected chi connectivity index (χ3v) is 7.64. The van der Waals surface area contributed by atoms with E-state index in [-0.39, 0.29) is 17.6 Å². The molecule has 0 saturated carbocycles. The number of nitrogens with zero attached hydrogens (tertiary/aromatic N) is 2. The first-order valence-electron chi connectivity index (χ1n) is 13.8. The van der Waals surface area contributed by atoms with Crippen molar-refractivity contribution in [3.8, 4) is 17.2 Å². The van der Waals surface area contributed by atoms with Gasteiger partial charge in [0.2, 0.25) is 0 Å². The minimum Gasteiger partial charge on any atom is -0.497 e. The summed E-state index contributed by atoms with van der Waals surface area (Å²) >= 11 is 1.28. The number of hydrogen-bond acceptors (Lipinski definition) is 7. The molecule has 5 rings (SSSR count). The minimum atomic E-state index is -0.682. The predicted molar refractivity (Wildman–Crippen MR) is 165 cm³/mol. The van der Waals surface area contributed by atoms with Gasteiger partial charge in [-0.25, -0.2) is 4.99 Å². The van der Waals surface area contributed by atoms with Crippen LogP contribution in [-0.4, -0.2) is 30.3 Å². The fraction of sp³-hybridized carbons (Fsp3) is 0.242. The quantitative estimate of drug-likeness (QED) is 0.297. The topological polar surface area (TPSA) is 91.2 Å². The second-order valence-electron chi connectivity index (χ2n) is 9.98. The van der Waals surface area contributed by atoms with E-state index >= 15 is 0 Å². The smallest absolute Gasteiger partial charge is 0.271 e. The van der Waals surface area contributed by atoms with Gasteiger partial charge in [-0.05, 0) is 81.3 Å². The first-order valence-corrected chi connectivity index (χ1v) is 14.6. The molecule has 0 saturated heterocycles. The zero-order valence-corrected chi connectivity index (χ0v) is 25.0. The van der Waals surface area contributed by atoms with Gasteiger partial charge in [-0.15, -0.1) is 0 Å². The molecule has 9 heteroatoms. The number of amides is 1. The van der Waals surface area contributed by atoms with Gasteiger partial charge in [-0.3, -0.25) is 14.2 Å². The Labute approximate surface area is 248 Å². The van der Waals surface area contributed by atoms with Crippen LogP contribution < -0.4 is 34.4 Å². The first-order chi connectivity index (χ1) is 20.3. The van der Waals surface area contributed by atoms with E-state index in [9.17, 15) is 9.59 Å². The van der Waals surface area contributed by atoms with Gasteiger partial charge in [0.05, 0.1) is 41.7 Å². The highest BCUT2D eigenvalue weighted by atomic mass is 32.1. The molecular weight excluding hydrogens is 550 g/mol. The lowest BCUT2D eigenvalue weighted by molar-refractivity contribution is -0.113. The minimum absolute atomic E-state index is 0.00627. The van der Waals surface area contributed by atoms with E-state index in [1.807, 2.05) is 99.6 Å². The molecule has 42 heavy (non-hydrogen) atoms. The van der Waals surface area contributed by atoms with Crippen LogP contribution in [0, 0.1) is 0 Å². The number of allylic oxidation sites excluding steroid dienone is 1. The molecule has 0 unspecified atom stereocenters. The molecule has 0 radical (unpaired) electrons. The van der Waals surface area contributed by atoms with Crippen molar-refractivity contribution in [1.82, 2.24) is 4.57 Å². The SMILES string of the molecule is CCOc1cc(/C=c2/sc3n(c2=O)[C@@H](c2ccc(OC)cc2)C(C(=O)Nc2ccccc2)=C(C)N=3)ccc1OC(C)C. The van der Waals surface area contributed by atoms with Crippen molar-refractivity contribution in [2.24, 2.45) is 4.99 Å². The number of nitrogens with one attached hydrogen (secondary N) is 1. The van der Waals surface area contributed by atoms with Crippen molar-refractivity contribution in [3.63, 3.8) is 0 Å². The summed E-state index contributed by atoms with van der Waals surface area (Å²) in [6.07, 6.45) is 1.81. The number of ether oxygens (including phenoxy) is 3. The van der Waals surface area contributed by atoms with Gasteiger partial charge in [-0.1, -0.05) is 47.7 Å². The van der Waals surface area contributed by atoms with Gasteiger partial charge < -0.3 is 19.5 Å². The van der Waals surface area contributed by atoms with Crippen LogP contribution in [-0.2, 0) is 4.79 Å². The first kappa shape index (κ1) is 28.9. The van der Waals surface area contributed by atoms with Crippen LogP contribution in [0.15, 0.2) is 93.9 Å². The van der Waals surface area contributed by atoms with E-state index in [1.54, 1.807) is 18.6 Å². The van der Waals surface area contributed by atoms with Gasteiger partial charge in [-0.2, -0.15) is 0 Å². The molecule has 1 aliphatic heterocycles. The van der Waals surface area contributed by atoms with Crippen molar-refractivity contribution in [1.29, 1.82) is 0 Å². The van der Waals surface area contributed by atoms with Gasteiger partial charge in [0, 0.05) is 5.69 Å². The standard InChI is InChI=1S/C33H33N3O5S/c1-6-40-27-18-22(12-17-26(27)41-20(2)3)19-28-32(38)36-30(23-13-15-25(39-5)16-14-23)29(21(4)34-33(36)42-28)31(37)35-24-10-8-7-9-11-24/h7-20,30H,6H2,1-5H3,(H,35,37)/b28-19+/t30-/m0/s1. The molecule has 1 atom stereocenters. The van der Waals surface area contributed by atoms with Crippen LogP contribution in [0.4, 0.5) is 5.69 Å². The summed E-state index contributed by atoms with van der Waals surface area (Å²) in [5, 5.41) is 2.97. The van der Waals surface area contributed by atoms with Gasteiger partial charge in [0.1, 0.15) is 5.75 Å². The van der Waals surface area contributed by atoms with Crippen molar-refractivity contribution in [3.05, 3.63) is 115 Å². The van der Waals surface area contributed by atoms with Crippen LogP contribution in [0.25, 0.3) is 6.08 Å². The van der Waals surface area contributed by atoms with E-state index in [1.165, 1.54) is 11.3 Å². The number of carbonyl (C=O) groups excluding carboxylic acids is 1. The van der Waals surface area contributed by atoms with Gasteiger partial charge in [0.25, 0.3) is 11.5 Å². The highest BCUT2D eigenvalue weighted by Gasteiger charge is 2.32. The largest absolute Gasteiger partial charge is 0.497 e. The Kier molecular flexibility index (Phi) is 8.59. The Morgan fingerprint density at radius 3 is 2.48 bits per heavy atom. The summed E-state index contributed by atoms with van der Waals surface area (Å²) in [4.78, 5) is 33.0. The maximum absolute atomic E-state index is 14.0. The average molecular weight is 584 g/mol. The lowest BCUT2D eigenvalue weighted by Gasteiger charge is -2.25. The molecule has 0 bridgehead atoms. The third-order valence-electron chi connectivity index (χ3n) is 6.66. The molecular formula is C33H33N3O5S. The number of methoxy groups -OCH3 is 1. The average Bonchev–Trinajstić information content (AvgIpc) is 3.28. The number of benzene rings is 3. The molecule has 1 aromatic heterocycles. The van der Waals surface area contributed by atoms with Crippen LogP contribution in [0.1, 0.15) is 44.9 Å². The molecule has 0 spiro atoms. The number of hydrogen-bond donors (Lipinski definition) is 1. The molecule has 1 aliphatic rings. The third kappa shape index (κ3) is 6.01. The molecule has 1 amide bonds. The number of aromatic nitrogens is 1. The summed E-state index contributed by atoms with van der Waals surface area (Å²) in [6.45, 7) is 8.11. The van der Waals surface area contributed by atoms with Crippen molar-refractivity contribution >= 4 is 29.0 Å². The number of fused-ring (bicyclic) bond motifs is 1. The van der Waals surface area contributed by atoms with Crippen molar-refractivity contribution in [2.45, 2.75) is 39.8 Å². The zero-order chi connectivity index (χ0) is 29.8. The number of carbonyl (C=O) groups is 1. The highest BCUT2D eigenvalue weighted by molar-refractivity contribution is 7.07. The molecule has 4 aromatic rings. The Morgan fingerprint density at radius 1 is 1.07 bits per heavy atom. The van der Waals surface area contributed by atoms with Crippen LogP contribution in [0.5, 0.6) is 17.2 Å². The van der Waals surface area contributed by atoms with Crippen molar-refractivity contribution in [2.75, 3.05) is 19.0 Å². The summed E-state index contributed by atoms with van der Waals surface area (Å²) in [7, 11) is 1.60. The van der Waals surface area contributed by atoms with E-state index in [2.05, 4.69) is 5.32 Å². The second kappa shape index (κ2) is 12.5. The number of thiazole rings is 1. The van der Waals surface area contributed by atoms with Gasteiger partial charge >= 0.3 is 0 Å². The summed E-state index contributed by atoms with van der Waals surface area (Å²) in [5.41, 5.74) is 2.92. The fourth-order valence-corrected chi connectivity index (χ4v) is 5.87. The normalized spacial score (nSPS) is 14.8. The Morgan fingerprint density at radius 2 is 1.81 bits per heavy atom. The number of para-hydroxylation sites is 1. The molecule has 3 aromatic carbocycles. The number of anilines is 1. The molecule has 216 valence electrons. The molecule has 1 N–H and O–H groups in total. The molecule has 0 aliphatic carbocycles. The molecule has 8 nitrogen and oxygen atoms in total. The van der Waals surface area contributed by atoms with Crippen LogP contribution in [0.2, 0.25) is 0 Å². The monoisotopic (exact) mass is 583 g/mol. The molecule has 0 fully saturated rings. The van der Waals surface area contributed by atoms with Gasteiger partial charge in [0.15, 0.2) is 16.3 Å². The van der Waals surface area contributed by atoms with Crippen molar-refractivity contribution < 1.29 is 19.0 Å². The molecule has 2 heterocycles. The lowest BCUT2D eigenvalue weighted by Crippen LogP contribution is -2.40. The fourth-order valence-electron chi connectivity index (χ4n) is 4.82. The van der Waals surface area contributed by atoms with Crippen LogP contribution in [0.3, 0.4) is 0 Å². The summed E-state index contributed by atoms with van der Waals surface area (Å²) < 4.78 is 19.2. The Balaban J connectivity index is 1.63. The Hall–Kier alpha value is -4.63. The lowest BCUT2D eigenvalue weighted by atomic mass is 9.95. The summed E-state index contributed by atoms with van der Waals surface area (Å²) in [5.74, 6) is 1.62.